The van der Waals surface area contributed by atoms with Gasteiger partial charge in [0, 0.05) is 18.2 Å². The molecule has 23 heavy (non-hydrogen) atoms. The average Bonchev–Trinajstić information content (AvgIpc) is 2.96. The molecule has 0 aliphatic carbocycles. The number of hydrogen-bond donors (Lipinski definition) is 1. The number of carbonyl (C=O) groups is 1. The summed E-state index contributed by atoms with van der Waals surface area (Å²) in [4.78, 5) is 16.1. The predicted octanol–water partition coefficient (Wildman–Crippen LogP) is 2.84. The first kappa shape index (κ1) is 15.9. The van der Waals surface area contributed by atoms with Gasteiger partial charge in [-0.2, -0.15) is 11.8 Å². The summed E-state index contributed by atoms with van der Waals surface area (Å²) in [6.07, 6.45) is 4.51. The quantitative estimate of drug-likeness (QED) is 0.917. The SMILES string of the molecule is CSCC(=O)NC[C@@H]1Cc2cc(C)cc(-c3ccccn3)c2O1. The number of carbonyl (C=O) groups excluding carboxylic acids is 1. The molecule has 0 unspecified atom stereocenters. The summed E-state index contributed by atoms with van der Waals surface area (Å²) >= 11 is 1.52. The minimum atomic E-state index is -0.0138. The number of thioether (sulfide) groups is 1. The van der Waals surface area contributed by atoms with Gasteiger partial charge in [-0.05, 0) is 42.5 Å². The largest absolute Gasteiger partial charge is 0.487 e. The zero-order valence-corrected chi connectivity index (χ0v) is 14.2. The van der Waals surface area contributed by atoms with E-state index in [0.29, 0.717) is 12.3 Å². The normalized spacial score (nSPS) is 15.8. The molecule has 0 radical (unpaired) electrons. The van der Waals surface area contributed by atoms with E-state index in [1.807, 2.05) is 24.5 Å². The zero-order chi connectivity index (χ0) is 16.2. The van der Waals surface area contributed by atoms with Crippen LogP contribution in [0.2, 0.25) is 0 Å². The van der Waals surface area contributed by atoms with Crippen LogP contribution < -0.4 is 10.1 Å². The van der Waals surface area contributed by atoms with Gasteiger partial charge in [0.25, 0.3) is 0 Å². The van der Waals surface area contributed by atoms with Crippen LogP contribution in [0.4, 0.5) is 0 Å². The number of aryl methyl sites for hydroxylation is 1. The second-order valence-corrected chi connectivity index (χ2v) is 6.56. The van der Waals surface area contributed by atoms with E-state index in [0.717, 1.165) is 23.4 Å². The third-order valence-corrected chi connectivity index (χ3v) is 4.34. The maximum Gasteiger partial charge on any atom is 0.230 e. The number of hydrogen-bond acceptors (Lipinski definition) is 4. The number of pyridine rings is 1. The first-order valence-corrected chi connectivity index (χ1v) is 9.04. The lowest BCUT2D eigenvalue weighted by molar-refractivity contribution is -0.118. The van der Waals surface area contributed by atoms with Crippen molar-refractivity contribution >= 4 is 17.7 Å². The predicted molar refractivity (Wildman–Crippen MR) is 93.9 cm³/mol. The molecule has 0 spiro atoms. The van der Waals surface area contributed by atoms with E-state index in [1.165, 1.54) is 22.9 Å². The number of ether oxygens (including phenoxy) is 1. The van der Waals surface area contributed by atoms with Gasteiger partial charge in [0.05, 0.1) is 18.0 Å². The highest BCUT2D eigenvalue weighted by molar-refractivity contribution is 7.99. The molecule has 1 aliphatic heterocycles. The van der Waals surface area contributed by atoms with Crippen LogP contribution in [0.3, 0.4) is 0 Å². The summed E-state index contributed by atoms with van der Waals surface area (Å²) in [6, 6.07) is 10.1. The van der Waals surface area contributed by atoms with Gasteiger partial charge in [0.2, 0.25) is 5.91 Å². The Kier molecular flexibility index (Phi) is 4.86. The standard InChI is InChI=1S/C18H20N2O2S/c1-12-7-13-9-14(10-20-17(21)11-23-2)22-18(13)15(8-12)16-5-3-4-6-19-16/h3-8,14H,9-11H2,1-2H3,(H,20,21)/t14-/m0/s1. The van der Waals surface area contributed by atoms with Gasteiger partial charge in [-0.25, -0.2) is 0 Å². The Bertz CT molecular complexity index is 704. The van der Waals surface area contributed by atoms with Gasteiger partial charge in [-0.15, -0.1) is 0 Å². The van der Waals surface area contributed by atoms with Crippen LogP contribution >= 0.6 is 11.8 Å². The molecule has 3 rings (SSSR count). The summed E-state index contributed by atoms with van der Waals surface area (Å²) in [7, 11) is 0. The van der Waals surface area contributed by atoms with Crippen LogP contribution in [0.1, 0.15) is 11.1 Å². The molecule has 0 saturated heterocycles. The Balaban J connectivity index is 1.78. The molecule has 2 aromatic rings. The number of nitrogens with zero attached hydrogens (tertiary/aromatic N) is 1. The minimum Gasteiger partial charge on any atom is -0.487 e. The van der Waals surface area contributed by atoms with Crippen molar-refractivity contribution in [2.24, 2.45) is 0 Å². The van der Waals surface area contributed by atoms with Crippen molar-refractivity contribution in [3.8, 4) is 17.0 Å². The second-order valence-electron chi connectivity index (χ2n) is 5.70. The molecule has 120 valence electrons. The Morgan fingerprint density at radius 3 is 3.04 bits per heavy atom. The van der Waals surface area contributed by atoms with Crippen molar-refractivity contribution in [1.82, 2.24) is 10.3 Å². The van der Waals surface area contributed by atoms with Crippen LogP contribution in [0.25, 0.3) is 11.3 Å². The summed E-state index contributed by atoms with van der Waals surface area (Å²) in [5.41, 5.74) is 4.33. The molecule has 1 atom stereocenters. The van der Waals surface area contributed by atoms with Crippen LogP contribution in [0.5, 0.6) is 5.75 Å². The Morgan fingerprint density at radius 2 is 2.30 bits per heavy atom. The van der Waals surface area contributed by atoms with Crippen LogP contribution in [-0.2, 0) is 11.2 Å². The molecule has 0 saturated carbocycles. The summed E-state index contributed by atoms with van der Waals surface area (Å²) in [5, 5.41) is 2.93. The number of nitrogens with one attached hydrogen (secondary N) is 1. The monoisotopic (exact) mass is 328 g/mol. The van der Waals surface area contributed by atoms with Gasteiger partial charge in [0.1, 0.15) is 11.9 Å². The fourth-order valence-electron chi connectivity index (χ4n) is 2.83. The first-order valence-electron chi connectivity index (χ1n) is 7.64. The molecule has 1 aromatic carbocycles. The molecular formula is C18H20N2O2S. The molecule has 1 N–H and O–H groups in total. The summed E-state index contributed by atoms with van der Waals surface area (Å²) in [6.45, 7) is 2.62. The second kappa shape index (κ2) is 7.04. The third kappa shape index (κ3) is 3.67. The van der Waals surface area contributed by atoms with Crippen molar-refractivity contribution in [3.63, 3.8) is 0 Å². The maximum atomic E-state index is 11.6. The zero-order valence-electron chi connectivity index (χ0n) is 13.3. The van der Waals surface area contributed by atoms with Crippen molar-refractivity contribution < 1.29 is 9.53 Å². The minimum absolute atomic E-state index is 0.0138. The first-order chi connectivity index (χ1) is 11.2. The molecule has 2 heterocycles. The van der Waals surface area contributed by atoms with Gasteiger partial charge in [0.15, 0.2) is 0 Å². The number of rotatable bonds is 5. The molecule has 1 amide bonds. The van der Waals surface area contributed by atoms with E-state index in [4.69, 9.17) is 4.74 Å². The smallest absolute Gasteiger partial charge is 0.230 e. The number of benzene rings is 1. The number of amides is 1. The van der Waals surface area contributed by atoms with E-state index in [9.17, 15) is 4.79 Å². The van der Waals surface area contributed by atoms with Crippen molar-refractivity contribution in [2.45, 2.75) is 19.4 Å². The molecule has 0 bridgehead atoms. The van der Waals surface area contributed by atoms with Crippen molar-refractivity contribution in [3.05, 3.63) is 47.7 Å². The van der Waals surface area contributed by atoms with E-state index < -0.39 is 0 Å². The van der Waals surface area contributed by atoms with E-state index in [2.05, 4.69) is 29.4 Å². The van der Waals surface area contributed by atoms with Crippen LogP contribution in [-0.4, -0.2) is 35.5 Å². The summed E-state index contributed by atoms with van der Waals surface area (Å²) < 4.78 is 6.11. The molecule has 5 heteroatoms. The lowest BCUT2D eigenvalue weighted by Gasteiger charge is -2.13. The summed E-state index contributed by atoms with van der Waals surface area (Å²) in [5.74, 6) is 1.44. The average molecular weight is 328 g/mol. The van der Waals surface area contributed by atoms with Crippen LogP contribution in [0, 0.1) is 6.92 Å². The van der Waals surface area contributed by atoms with E-state index in [1.54, 1.807) is 6.20 Å². The Labute approximate surface area is 140 Å². The molecule has 0 fully saturated rings. The number of aromatic nitrogens is 1. The molecule has 1 aromatic heterocycles. The highest BCUT2D eigenvalue weighted by Crippen LogP contribution is 2.38. The highest BCUT2D eigenvalue weighted by atomic mass is 32.2. The molecule has 4 nitrogen and oxygen atoms in total. The van der Waals surface area contributed by atoms with E-state index in [-0.39, 0.29) is 12.0 Å². The van der Waals surface area contributed by atoms with Gasteiger partial charge in [-0.1, -0.05) is 12.1 Å². The Hall–Kier alpha value is -2.01. The lowest BCUT2D eigenvalue weighted by atomic mass is 10.0. The van der Waals surface area contributed by atoms with Gasteiger partial charge >= 0.3 is 0 Å². The lowest BCUT2D eigenvalue weighted by Crippen LogP contribution is -2.35. The van der Waals surface area contributed by atoms with Gasteiger partial charge in [-0.3, -0.25) is 9.78 Å². The molecular weight excluding hydrogens is 308 g/mol. The topological polar surface area (TPSA) is 51.2 Å². The van der Waals surface area contributed by atoms with Crippen molar-refractivity contribution in [1.29, 1.82) is 0 Å². The highest BCUT2D eigenvalue weighted by Gasteiger charge is 2.27. The van der Waals surface area contributed by atoms with Crippen LogP contribution in [0.15, 0.2) is 36.5 Å². The van der Waals surface area contributed by atoms with Crippen molar-refractivity contribution in [2.75, 3.05) is 18.6 Å². The molecule has 1 aliphatic rings. The third-order valence-electron chi connectivity index (χ3n) is 3.79. The Morgan fingerprint density at radius 1 is 1.43 bits per heavy atom. The fourth-order valence-corrected chi connectivity index (χ4v) is 3.19. The maximum absolute atomic E-state index is 11.6. The van der Waals surface area contributed by atoms with Gasteiger partial charge < -0.3 is 10.1 Å². The fraction of sp³-hybridized carbons (Fsp3) is 0.333. The van der Waals surface area contributed by atoms with E-state index >= 15 is 0 Å². The number of fused-ring (bicyclic) bond motifs is 1.